The number of carbonyl (C=O) groups is 1. The van der Waals surface area contributed by atoms with E-state index in [9.17, 15) is 4.79 Å². The lowest BCUT2D eigenvalue weighted by atomic mass is 9.87. The number of nitrogens with zero attached hydrogens (tertiary/aromatic N) is 1. The van der Waals surface area contributed by atoms with Crippen molar-refractivity contribution in [2.45, 2.75) is 40.0 Å². The largest absolute Gasteiger partial charge is 0.492 e. The molecule has 0 atom stereocenters. The van der Waals surface area contributed by atoms with Crippen molar-refractivity contribution in [3.05, 3.63) is 71.4 Å². The van der Waals surface area contributed by atoms with E-state index in [1.54, 1.807) is 24.5 Å². The van der Waals surface area contributed by atoms with Crippen molar-refractivity contribution in [2.75, 3.05) is 26.7 Å². The second-order valence-electron chi connectivity index (χ2n) is 9.40. The van der Waals surface area contributed by atoms with E-state index >= 15 is 0 Å². The highest BCUT2D eigenvalue weighted by molar-refractivity contribution is 5.69. The second-order valence-corrected chi connectivity index (χ2v) is 9.40. The summed E-state index contributed by atoms with van der Waals surface area (Å²) in [5, 5.41) is 8.91. The van der Waals surface area contributed by atoms with Crippen LogP contribution in [0.1, 0.15) is 44.7 Å². The molecule has 0 aromatic heterocycles. The third-order valence-corrected chi connectivity index (χ3v) is 5.10. The maximum Gasteiger partial charge on any atom is 0.317 e. The van der Waals surface area contributed by atoms with E-state index in [0.29, 0.717) is 18.9 Å². The molecule has 1 N–H and O–H groups in total. The highest BCUT2D eigenvalue weighted by atomic mass is 16.5. The number of rotatable bonds is 9. The summed E-state index contributed by atoms with van der Waals surface area (Å²) >= 11 is 0. The van der Waals surface area contributed by atoms with Crippen LogP contribution in [0.25, 0.3) is 5.76 Å². The molecule has 0 radical (unpaired) electrons. The number of hydrogen-bond donors (Lipinski definition) is 1. The Morgan fingerprint density at radius 3 is 2.69 bits per heavy atom. The first-order valence-electron chi connectivity index (χ1n) is 11.0. The zero-order valence-electron chi connectivity index (χ0n) is 19.4. The van der Waals surface area contributed by atoms with Gasteiger partial charge in [-0.1, -0.05) is 39.0 Å². The zero-order valence-corrected chi connectivity index (χ0v) is 19.4. The third kappa shape index (κ3) is 7.02. The fourth-order valence-corrected chi connectivity index (χ4v) is 3.60. The summed E-state index contributed by atoms with van der Waals surface area (Å²) in [6.07, 6.45) is 12.3. The van der Waals surface area contributed by atoms with Crippen LogP contribution >= 0.6 is 0 Å². The van der Waals surface area contributed by atoms with Gasteiger partial charge in [0.15, 0.2) is 11.5 Å². The van der Waals surface area contributed by atoms with Gasteiger partial charge in [-0.15, -0.1) is 0 Å². The van der Waals surface area contributed by atoms with E-state index in [-0.39, 0.29) is 12.0 Å². The quantitative estimate of drug-likeness (QED) is 0.575. The molecule has 1 aromatic carbocycles. The van der Waals surface area contributed by atoms with Gasteiger partial charge >= 0.3 is 5.97 Å². The first-order chi connectivity index (χ1) is 15.2. The summed E-state index contributed by atoms with van der Waals surface area (Å²) in [6, 6.07) is 6.02. The van der Waals surface area contributed by atoms with Crippen LogP contribution in [0.4, 0.5) is 0 Å². The second kappa shape index (κ2) is 10.6. The van der Waals surface area contributed by atoms with Crippen LogP contribution in [-0.2, 0) is 20.7 Å². The molecular formula is C26H33NO5. The fourth-order valence-electron chi connectivity index (χ4n) is 3.60. The maximum absolute atomic E-state index is 10.8. The monoisotopic (exact) mass is 439 g/mol. The maximum atomic E-state index is 10.8. The van der Waals surface area contributed by atoms with E-state index in [0.717, 1.165) is 47.5 Å². The van der Waals surface area contributed by atoms with Crippen LogP contribution in [0.5, 0.6) is 5.75 Å². The Kier molecular flexibility index (Phi) is 7.80. The van der Waals surface area contributed by atoms with Crippen molar-refractivity contribution < 1.29 is 24.1 Å². The molecule has 6 nitrogen and oxygen atoms in total. The van der Waals surface area contributed by atoms with Gasteiger partial charge in [0.2, 0.25) is 0 Å². The van der Waals surface area contributed by atoms with E-state index in [1.165, 1.54) is 0 Å². The van der Waals surface area contributed by atoms with Crippen LogP contribution in [0, 0.1) is 5.41 Å². The van der Waals surface area contributed by atoms with E-state index in [2.05, 4.69) is 39.0 Å². The molecule has 0 fully saturated rings. The molecule has 1 aromatic rings. The molecule has 1 heterocycles. The summed E-state index contributed by atoms with van der Waals surface area (Å²) in [7, 11) is 1.77. The van der Waals surface area contributed by atoms with Crippen LogP contribution in [0.2, 0.25) is 0 Å². The molecule has 1 aliphatic heterocycles. The Morgan fingerprint density at radius 1 is 1.22 bits per heavy atom. The predicted octanol–water partition coefficient (Wildman–Crippen LogP) is 5.13. The summed E-state index contributed by atoms with van der Waals surface area (Å²) in [6.45, 7) is 7.50. The first-order valence-corrected chi connectivity index (χ1v) is 11.0. The van der Waals surface area contributed by atoms with Gasteiger partial charge in [-0.25, -0.2) is 0 Å². The molecule has 2 aliphatic rings. The van der Waals surface area contributed by atoms with Gasteiger partial charge in [0.1, 0.15) is 24.9 Å². The molecule has 1 aliphatic carbocycles. The highest BCUT2D eigenvalue weighted by Crippen LogP contribution is 2.34. The minimum Gasteiger partial charge on any atom is -0.492 e. The minimum absolute atomic E-state index is 0.00921. The standard InChI is InChI=1S/C26H33NO5/c1-26(2,3)15-21-14-20(10-11-22(21)31-13-12-27(4)16-25(28)29)24-18-30-17-23(32-24)19-8-6-5-7-9-19/h5-6,8,10-11,14,17-18H,7,9,12-13,15-16H2,1-4H3,(H,28,29). The third-order valence-electron chi connectivity index (χ3n) is 5.10. The number of hydrogen-bond acceptors (Lipinski definition) is 5. The molecule has 0 unspecified atom stereocenters. The van der Waals surface area contributed by atoms with Crippen LogP contribution in [0.3, 0.4) is 0 Å². The molecule has 0 amide bonds. The Hall–Kier alpha value is -2.99. The Morgan fingerprint density at radius 2 is 2.00 bits per heavy atom. The molecule has 3 rings (SSSR count). The van der Waals surface area contributed by atoms with Crippen LogP contribution in [-0.4, -0.2) is 42.7 Å². The summed E-state index contributed by atoms with van der Waals surface area (Å²) in [5.41, 5.74) is 3.20. The van der Waals surface area contributed by atoms with Gasteiger partial charge in [0.25, 0.3) is 0 Å². The number of ether oxygens (including phenoxy) is 3. The van der Waals surface area contributed by atoms with Crippen molar-refractivity contribution in [1.29, 1.82) is 0 Å². The number of aliphatic carboxylic acids is 1. The smallest absolute Gasteiger partial charge is 0.317 e. The van der Waals surface area contributed by atoms with Gasteiger partial charge in [0, 0.05) is 12.1 Å². The fraction of sp³-hybridized carbons (Fsp3) is 0.423. The Balaban J connectivity index is 1.74. The molecule has 0 spiro atoms. The number of allylic oxidation sites excluding steroid dienone is 4. The molecule has 0 saturated heterocycles. The van der Waals surface area contributed by atoms with E-state index in [1.807, 2.05) is 18.2 Å². The lowest BCUT2D eigenvalue weighted by molar-refractivity contribution is -0.138. The van der Waals surface area contributed by atoms with Crippen LogP contribution < -0.4 is 4.74 Å². The molecule has 6 heteroatoms. The average molecular weight is 440 g/mol. The molecule has 0 bridgehead atoms. The topological polar surface area (TPSA) is 68.2 Å². The number of likely N-dealkylation sites (N-methyl/N-ethyl adjacent to an activating group) is 1. The van der Waals surface area contributed by atoms with Crippen LogP contribution in [0.15, 0.2) is 60.3 Å². The zero-order chi connectivity index (χ0) is 23.1. The van der Waals surface area contributed by atoms with Crippen molar-refractivity contribution in [2.24, 2.45) is 5.41 Å². The number of carboxylic acids is 1. The Bertz CT molecular complexity index is 949. The average Bonchev–Trinajstić information content (AvgIpc) is 2.74. The minimum atomic E-state index is -0.846. The van der Waals surface area contributed by atoms with Crippen molar-refractivity contribution in [3.8, 4) is 5.75 Å². The van der Waals surface area contributed by atoms with Gasteiger partial charge in [0.05, 0.1) is 6.54 Å². The molecule has 32 heavy (non-hydrogen) atoms. The highest BCUT2D eigenvalue weighted by Gasteiger charge is 2.20. The van der Waals surface area contributed by atoms with Crippen molar-refractivity contribution in [3.63, 3.8) is 0 Å². The molecule has 0 saturated carbocycles. The van der Waals surface area contributed by atoms with Crippen molar-refractivity contribution in [1.82, 2.24) is 4.90 Å². The number of benzene rings is 1. The van der Waals surface area contributed by atoms with Gasteiger partial charge in [-0.3, -0.25) is 9.69 Å². The molecular weight excluding hydrogens is 406 g/mol. The normalized spacial score (nSPS) is 16.0. The SMILES string of the molecule is CN(CCOc1ccc(C2=COC=C(C3=CC=CCC3)O2)cc1CC(C)(C)C)CC(=O)O. The van der Waals surface area contributed by atoms with Crippen molar-refractivity contribution >= 4 is 11.7 Å². The van der Waals surface area contributed by atoms with Gasteiger partial charge in [-0.05, 0) is 61.1 Å². The first kappa shape index (κ1) is 23.7. The lowest BCUT2D eigenvalue weighted by Gasteiger charge is -2.23. The predicted molar refractivity (Wildman–Crippen MR) is 125 cm³/mol. The summed E-state index contributed by atoms with van der Waals surface area (Å²) in [4.78, 5) is 12.6. The Labute approximate surface area is 190 Å². The lowest BCUT2D eigenvalue weighted by Crippen LogP contribution is -2.29. The summed E-state index contributed by atoms with van der Waals surface area (Å²) in [5.74, 6) is 1.37. The summed E-state index contributed by atoms with van der Waals surface area (Å²) < 4.78 is 17.8. The van der Waals surface area contributed by atoms with E-state index < -0.39 is 5.97 Å². The van der Waals surface area contributed by atoms with Gasteiger partial charge in [-0.2, -0.15) is 0 Å². The molecule has 172 valence electrons. The van der Waals surface area contributed by atoms with Gasteiger partial charge < -0.3 is 19.3 Å². The number of carboxylic acid groups (broad SMARTS) is 1. The van der Waals surface area contributed by atoms with E-state index in [4.69, 9.17) is 19.3 Å².